The normalized spacial score (nSPS) is 15.3. The van der Waals surface area contributed by atoms with Crippen LogP contribution >= 0.6 is 39.1 Å². The Morgan fingerprint density at radius 2 is 1.73 bits per heavy atom. The summed E-state index contributed by atoms with van der Waals surface area (Å²) in [5.74, 6) is -0.368. The van der Waals surface area contributed by atoms with Gasteiger partial charge >= 0.3 is 0 Å². The molecule has 1 amide bonds. The van der Waals surface area contributed by atoms with Crippen LogP contribution in [0.3, 0.4) is 0 Å². The Morgan fingerprint density at radius 1 is 1.07 bits per heavy atom. The van der Waals surface area contributed by atoms with E-state index < -0.39 is 10.0 Å². The highest BCUT2D eigenvalue weighted by Gasteiger charge is 2.33. The van der Waals surface area contributed by atoms with Crippen LogP contribution in [0.25, 0.3) is 0 Å². The molecule has 1 N–H and O–H groups in total. The molecule has 1 aliphatic rings. The van der Waals surface area contributed by atoms with Gasteiger partial charge in [-0.1, -0.05) is 64.5 Å². The van der Waals surface area contributed by atoms with Gasteiger partial charge in [0, 0.05) is 27.1 Å². The van der Waals surface area contributed by atoms with Crippen molar-refractivity contribution in [3.05, 3.63) is 62.5 Å². The van der Waals surface area contributed by atoms with E-state index in [9.17, 15) is 13.2 Å². The van der Waals surface area contributed by atoms with Gasteiger partial charge in [0.15, 0.2) is 0 Å². The first-order valence-corrected chi connectivity index (χ1v) is 12.7. The van der Waals surface area contributed by atoms with Gasteiger partial charge in [-0.3, -0.25) is 4.79 Å². The molecule has 162 valence electrons. The van der Waals surface area contributed by atoms with Crippen molar-refractivity contribution in [2.45, 2.75) is 49.6 Å². The number of nitrogens with zero attached hydrogens (tertiary/aromatic N) is 1. The van der Waals surface area contributed by atoms with Crippen molar-refractivity contribution in [3.63, 3.8) is 0 Å². The summed E-state index contributed by atoms with van der Waals surface area (Å²) in [6.07, 6.45) is 4.51. The van der Waals surface area contributed by atoms with Crippen molar-refractivity contribution in [2.75, 3.05) is 6.54 Å². The lowest BCUT2D eigenvalue weighted by molar-refractivity contribution is -0.121. The standard InChI is InChI=1S/C21H23BrCl2N2O3S/c22-16-7-10-19(11-8-16)30(28,29)26(18-4-2-1-3-5-18)14-21(27)25-13-15-6-9-17(23)12-20(15)24/h6-12,18H,1-5,13-14H2,(H,25,27). The fourth-order valence-electron chi connectivity index (χ4n) is 3.58. The lowest BCUT2D eigenvalue weighted by atomic mass is 9.95. The highest BCUT2D eigenvalue weighted by molar-refractivity contribution is 9.10. The summed E-state index contributed by atoms with van der Waals surface area (Å²) >= 11 is 15.4. The molecule has 0 aromatic heterocycles. The highest BCUT2D eigenvalue weighted by Crippen LogP contribution is 2.28. The van der Waals surface area contributed by atoms with Gasteiger partial charge < -0.3 is 5.32 Å². The first kappa shape index (κ1) is 23.5. The van der Waals surface area contributed by atoms with Gasteiger partial charge in [-0.05, 0) is 54.8 Å². The Balaban J connectivity index is 1.76. The predicted molar refractivity (Wildman–Crippen MR) is 123 cm³/mol. The average Bonchev–Trinajstić information content (AvgIpc) is 2.72. The average molecular weight is 534 g/mol. The van der Waals surface area contributed by atoms with Gasteiger partial charge in [-0.15, -0.1) is 0 Å². The van der Waals surface area contributed by atoms with Crippen LogP contribution in [-0.4, -0.2) is 31.2 Å². The first-order chi connectivity index (χ1) is 14.3. The Labute approximate surface area is 195 Å². The number of nitrogens with one attached hydrogen (secondary N) is 1. The summed E-state index contributed by atoms with van der Waals surface area (Å²) in [5, 5.41) is 3.75. The van der Waals surface area contributed by atoms with Crippen LogP contribution in [0.4, 0.5) is 0 Å². The van der Waals surface area contributed by atoms with E-state index >= 15 is 0 Å². The summed E-state index contributed by atoms with van der Waals surface area (Å²) < 4.78 is 28.8. The minimum absolute atomic E-state index is 0.183. The molecule has 0 heterocycles. The van der Waals surface area contributed by atoms with E-state index in [1.54, 1.807) is 42.5 Å². The fourth-order valence-corrected chi connectivity index (χ4v) is 5.96. The van der Waals surface area contributed by atoms with Crippen LogP contribution in [-0.2, 0) is 21.4 Å². The number of carbonyl (C=O) groups is 1. The molecule has 1 saturated carbocycles. The molecule has 3 rings (SSSR count). The SMILES string of the molecule is O=C(CN(C1CCCCC1)S(=O)(=O)c1ccc(Br)cc1)NCc1ccc(Cl)cc1Cl. The smallest absolute Gasteiger partial charge is 0.243 e. The number of benzene rings is 2. The maximum absolute atomic E-state index is 13.3. The van der Waals surface area contributed by atoms with Crippen LogP contribution in [0.2, 0.25) is 10.0 Å². The summed E-state index contributed by atoms with van der Waals surface area (Å²) in [7, 11) is -3.80. The molecule has 0 bridgehead atoms. The minimum Gasteiger partial charge on any atom is -0.351 e. The van der Waals surface area contributed by atoms with E-state index in [1.165, 1.54) is 4.31 Å². The van der Waals surface area contributed by atoms with Crippen LogP contribution < -0.4 is 5.32 Å². The van der Waals surface area contributed by atoms with Crippen molar-refractivity contribution >= 4 is 55.1 Å². The fraction of sp³-hybridized carbons (Fsp3) is 0.381. The number of hydrogen-bond acceptors (Lipinski definition) is 3. The zero-order chi connectivity index (χ0) is 21.7. The van der Waals surface area contributed by atoms with Crippen molar-refractivity contribution in [3.8, 4) is 0 Å². The number of halogens is 3. The van der Waals surface area contributed by atoms with Crippen LogP contribution in [0.5, 0.6) is 0 Å². The quantitative estimate of drug-likeness (QED) is 0.518. The second-order valence-electron chi connectivity index (χ2n) is 7.31. The minimum atomic E-state index is -3.80. The van der Waals surface area contributed by atoms with Crippen LogP contribution in [0.1, 0.15) is 37.7 Å². The molecule has 0 saturated heterocycles. The lowest BCUT2D eigenvalue weighted by Gasteiger charge is -2.33. The van der Waals surface area contributed by atoms with Crippen molar-refractivity contribution in [1.29, 1.82) is 0 Å². The molecule has 0 spiro atoms. The van der Waals surface area contributed by atoms with E-state index in [2.05, 4.69) is 21.2 Å². The van der Waals surface area contributed by atoms with Gasteiger partial charge in [-0.2, -0.15) is 4.31 Å². The van der Waals surface area contributed by atoms with Gasteiger partial charge in [0.1, 0.15) is 0 Å². The largest absolute Gasteiger partial charge is 0.351 e. The molecule has 5 nitrogen and oxygen atoms in total. The van der Waals surface area contributed by atoms with Crippen molar-refractivity contribution in [1.82, 2.24) is 9.62 Å². The molecule has 0 unspecified atom stereocenters. The van der Waals surface area contributed by atoms with E-state index in [4.69, 9.17) is 23.2 Å². The summed E-state index contributed by atoms with van der Waals surface area (Å²) in [6, 6.07) is 11.3. The van der Waals surface area contributed by atoms with Gasteiger partial charge in [0.25, 0.3) is 0 Å². The maximum atomic E-state index is 13.3. The van der Waals surface area contributed by atoms with Crippen molar-refractivity contribution in [2.24, 2.45) is 0 Å². The Bertz CT molecular complexity index is 994. The molecule has 0 atom stereocenters. The topological polar surface area (TPSA) is 66.5 Å². The first-order valence-electron chi connectivity index (χ1n) is 9.75. The Morgan fingerprint density at radius 3 is 2.37 bits per heavy atom. The molecule has 1 fully saturated rings. The van der Waals surface area contributed by atoms with E-state index in [-0.39, 0.29) is 29.9 Å². The molecule has 2 aromatic carbocycles. The lowest BCUT2D eigenvalue weighted by Crippen LogP contribution is -2.46. The number of rotatable bonds is 7. The summed E-state index contributed by atoms with van der Waals surface area (Å²) in [6.45, 7) is -0.0278. The molecular weight excluding hydrogens is 511 g/mol. The van der Waals surface area contributed by atoms with Gasteiger partial charge in [0.05, 0.1) is 11.4 Å². The third kappa shape index (κ3) is 5.98. The zero-order valence-electron chi connectivity index (χ0n) is 16.3. The Kier molecular flexibility index (Phi) is 8.21. The predicted octanol–water partition coefficient (Wildman–Crippen LogP) is 5.40. The van der Waals surface area contributed by atoms with Crippen molar-refractivity contribution < 1.29 is 13.2 Å². The number of sulfonamides is 1. The number of amides is 1. The third-order valence-corrected chi connectivity index (χ3v) is 8.22. The van der Waals surface area contributed by atoms with Gasteiger partial charge in [0.2, 0.25) is 15.9 Å². The molecule has 0 aliphatic heterocycles. The molecule has 30 heavy (non-hydrogen) atoms. The van der Waals surface area contributed by atoms with E-state index in [1.807, 2.05) is 0 Å². The van der Waals surface area contributed by atoms with Gasteiger partial charge in [-0.25, -0.2) is 8.42 Å². The molecule has 9 heteroatoms. The second-order valence-corrected chi connectivity index (χ2v) is 11.0. The van der Waals surface area contributed by atoms with E-state index in [0.717, 1.165) is 42.1 Å². The summed E-state index contributed by atoms with van der Waals surface area (Å²) in [4.78, 5) is 12.9. The number of carbonyl (C=O) groups excluding carboxylic acids is 1. The molecule has 2 aromatic rings. The third-order valence-electron chi connectivity index (χ3n) is 5.19. The molecular formula is C21H23BrCl2N2O3S. The molecule has 0 radical (unpaired) electrons. The maximum Gasteiger partial charge on any atom is 0.243 e. The monoisotopic (exact) mass is 532 g/mol. The number of hydrogen-bond donors (Lipinski definition) is 1. The second kappa shape index (κ2) is 10.5. The van der Waals surface area contributed by atoms with Crippen LogP contribution in [0, 0.1) is 0 Å². The highest BCUT2D eigenvalue weighted by atomic mass is 79.9. The summed E-state index contributed by atoms with van der Waals surface area (Å²) in [5.41, 5.74) is 0.717. The van der Waals surface area contributed by atoms with E-state index in [0.29, 0.717) is 10.0 Å². The molecule has 1 aliphatic carbocycles. The van der Waals surface area contributed by atoms with Crippen LogP contribution in [0.15, 0.2) is 51.8 Å². The Hall–Kier alpha value is -1.12. The zero-order valence-corrected chi connectivity index (χ0v) is 20.2.